The molecule has 1 aliphatic rings. The predicted octanol–water partition coefficient (Wildman–Crippen LogP) is 1.87. The highest BCUT2D eigenvalue weighted by Gasteiger charge is 2.38. The van der Waals surface area contributed by atoms with Crippen LogP contribution in [-0.2, 0) is 6.42 Å². The maximum atomic E-state index is 13.6. The molecule has 2 rings (SSSR count). The number of hydrogen-bond donors (Lipinski definition) is 2. The predicted molar refractivity (Wildman–Crippen MR) is 52.7 cm³/mol. The Morgan fingerprint density at radius 2 is 2.14 bits per heavy atom. The summed E-state index contributed by atoms with van der Waals surface area (Å²) < 4.78 is 13.6. The maximum absolute atomic E-state index is 13.6. The van der Waals surface area contributed by atoms with Gasteiger partial charge >= 0.3 is 0 Å². The summed E-state index contributed by atoms with van der Waals surface area (Å²) in [6.45, 7) is 1.65. The van der Waals surface area contributed by atoms with Crippen LogP contribution in [0.1, 0.15) is 24.0 Å². The standard InChI is InChI=1S/C11H14FNO/c1-7-4-9(14)5-8(10(7)12)6-11(13)2-3-11/h4-5,14H,2-3,6,13H2,1H3. The quantitative estimate of drug-likeness (QED) is 0.756. The van der Waals surface area contributed by atoms with Gasteiger partial charge in [-0.1, -0.05) is 0 Å². The Morgan fingerprint density at radius 3 is 2.71 bits per heavy atom. The van der Waals surface area contributed by atoms with Crippen molar-refractivity contribution in [3.8, 4) is 5.75 Å². The highest BCUT2D eigenvalue weighted by Crippen LogP contribution is 2.37. The van der Waals surface area contributed by atoms with E-state index in [9.17, 15) is 9.50 Å². The van der Waals surface area contributed by atoms with E-state index in [0.29, 0.717) is 17.5 Å². The average Bonchev–Trinajstić information content (AvgIpc) is 2.79. The molecular formula is C11H14FNO. The van der Waals surface area contributed by atoms with Crippen LogP contribution in [0.3, 0.4) is 0 Å². The molecule has 1 saturated carbocycles. The van der Waals surface area contributed by atoms with Crippen molar-refractivity contribution in [3.05, 3.63) is 29.1 Å². The van der Waals surface area contributed by atoms with Gasteiger partial charge in [-0.25, -0.2) is 4.39 Å². The molecule has 1 fully saturated rings. The largest absolute Gasteiger partial charge is 0.508 e. The van der Waals surface area contributed by atoms with Gasteiger partial charge in [0.15, 0.2) is 0 Å². The first kappa shape index (κ1) is 9.46. The van der Waals surface area contributed by atoms with E-state index < -0.39 is 0 Å². The number of benzene rings is 1. The van der Waals surface area contributed by atoms with Crippen molar-refractivity contribution in [2.24, 2.45) is 5.73 Å². The van der Waals surface area contributed by atoms with Crippen molar-refractivity contribution in [2.75, 3.05) is 0 Å². The van der Waals surface area contributed by atoms with Crippen LogP contribution in [0.25, 0.3) is 0 Å². The molecule has 0 saturated heterocycles. The molecule has 0 radical (unpaired) electrons. The lowest BCUT2D eigenvalue weighted by Crippen LogP contribution is -2.25. The third kappa shape index (κ3) is 1.73. The van der Waals surface area contributed by atoms with Crippen molar-refractivity contribution in [3.63, 3.8) is 0 Å². The summed E-state index contributed by atoms with van der Waals surface area (Å²) in [6.07, 6.45) is 2.41. The lowest BCUT2D eigenvalue weighted by Gasteiger charge is -2.11. The Morgan fingerprint density at radius 1 is 1.50 bits per heavy atom. The van der Waals surface area contributed by atoms with Crippen molar-refractivity contribution in [1.82, 2.24) is 0 Å². The zero-order chi connectivity index (χ0) is 10.3. The van der Waals surface area contributed by atoms with Crippen LogP contribution in [0, 0.1) is 12.7 Å². The molecule has 0 aliphatic heterocycles. The van der Waals surface area contributed by atoms with E-state index >= 15 is 0 Å². The smallest absolute Gasteiger partial charge is 0.129 e. The molecule has 0 amide bonds. The monoisotopic (exact) mass is 195 g/mol. The first-order valence-corrected chi connectivity index (χ1v) is 4.77. The molecule has 0 heterocycles. The number of phenolic OH excluding ortho intramolecular Hbond substituents is 1. The zero-order valence-corrected chi connectivity index (χ0v) is 8.18. The fourth-order valence-corrected chi connectivity index (χ4v) is 1.67. The minimum absolute atomic E-state index is 0.114. The van der Waals surface area contributed by atoms with Gasteiger partial charge in [0.25, 0.3) is 0 Å². The Kier molecular flexibility index (Phi) is 2.00. The van der Waals surface area contributed by atoms with Crippen LogP contribution in [0.5, 0.6) is 5.75 Å². The average molecular weight is 195 g/mol. The van der Waals surface area contributed by atoms with E-state index in [0.717, 1.165) is 12.8 Å². The van der Waals surface area contributed by atoms with Crippen LogP contribution in [0.4, 0.5) is 4.39 Å². The number of rotatable bonds is 2. The minimum atomic E-state index is -0.237. The molecule has 2 nitrogen and oxygen atoms in total. The zero-order valence-electron chi connectivity index (χ0n) is 8.18. The number of nitrogens with two attached hydrogens (primary N) is 1. The fraction of sp³-hybridized carbons (Fsp3) is 0.455. The van der Waals surface area contributed by atoms with E-state index in [2.05, 4.69) is 0 Å². The Bertz CT molecular complexity index is 372. The normalized spacial score (nSPS) is 18.2. The molecular weight excluding hydrogens is 181 g/mol. The van der Waals surface area contributed by atoms with Gasteiger partial charge in [0.1, 0.15) is 11.6 Å². The van der Waals surface area contributed by atoms with E-state index in [1.54, 1.807) is 6.92 Å². The highest BCUT2D eigenvalue weighted by molar-refractivity contribution is 5.36. The van der Waals surface area contributed by atoms with Gasteiger partial charge in [-0.15, -0.1) is 0 Å². The lowest BCUT2D eigenvalue weighted by molar-refractivity contribution is 0.469. The van der Waals surface area contributed by atoms with E-state index in [4.69, 9.17) is 5.73 Å². The highest BCUT2D eigenvalue weighted by atomic mass is 19.1. The number of halogens is 1. The first-order chi connectivity index (χ1) is 6.50. The number of aryl methyl sites for hydroxylation is 1. The molecule has 3 N–H and O–H groups in total. The van der Waals surface area contributed by atoms with Crippen LogP contribution >= 0.6 is 0 Å². The summed E-state index contributed by atoms with van der Waals surface area (Å²) in [5.41, 5.74) is 6.68. The van der Waals surface area contributed by atoms with Gasteiger partial charge in [-0.2, -0.15) is 0 Å². The van der Waals surface area contributed by atoms with Crippen molar-refractivity contribution in [1.29, 1.82) is 0 Å². The second-order valence-corrected chi connectivity index (χ2v) is 4.27. The van der Waals surface area contributed by atoms with Crippen molar-refractivity contribution < 1.29 is 9.50 Å². The third-order valence-corrected chi connectivity index (χ3v) is 2.75. The number of phenols is 1. The van der Waals surface area contributed by atoms with Crippen LogP contribution < -0.4 is 5.73 Å². The van der Waals surface area contributed by atoms with Gasteiger partial charge in [-0.3, -0.25) is 0 Å². The summed E-state index contributed by atoms with van der Waals surface area (Å²) in [6, 6.07) is 2.89. The summed E-state index contributed by atoms with van der Waals surface area (Å²) in [4.78, 5) is 0. The minimum Gasteiger partial charge on any atom is -0.508 e. The molecule has 1 aromatic carbocycles. The second-order valence-electron chi connectivity index (χ2n) is 4.27. The molecule has 1 aromatic rings. The van der Waals surface area contributed by atoms with Crippen LogP contribution in [0.15, 0.2) is 12.1 Å². The number of hydrogen-bond acceptors (Lipinski definition) is 2. The summed E-state index contributed by atoms with van der Waals surface area (Å²) >= 11 is 0. The SMILES string of the molecule is Cc1cc(O)cc(CC2(N)CC2)c1F. The Labute approximate surface area is 82.5 Å². The van der Waals surface area contributed by atoms with E-state index in [-0.39, 0.29) is 17.1 Å². The Balaban J connectivity index is 2.32. The second kappa shape index (κ2) is 2.95. The molecule has 14 heavy (non-hydrogen) atoms. The van der Waals surface area contributed by atoms with Gasteiger partial charge < -0.3 is 10.8 Å². The molecule has 76 valence electrons. The first-order valence-electron chi connectivity index (χ1n) is 4.77. The molecule has 0 atom stereocenters. The van der Waals surface area contributed by atoms with Crippen molar-refractivity contribution in [2.45, 2.75) is 31.7 Å². The van der Waals surface area contributed by atoms with Gasteiger partial charge in [-0.05, 0) is 49.4 Å². The maximum Gasteiger partial charge on any atom is 0.129 e. The molecule has 0 unspecified atom stereocenters. The number of aromatic hydroxyl groups is 1. The molecule has 0 aromatic heterocycles. The van der Waals surface area contributed by atoms with Gasteiger partial charge in [0.2, 0.25) is 0 Å². The van der Waals surface area contributed by atoms with Gasteiger partial charge in [0.05, 0.1) is 0 Å². The summed E-state index contributed by atoms with van der Waals surface area (Å²) in [7, 11) is 0. The molecule has 0 spiro atoms. The van der Waals surface area contributed by atoms with E-state index in [1.165, 1.54) is 12.1 Å². The topological polar surface area (TPSA) is 46.2 Å². The molecule has 3 heteroatoms. The summed E-state index contributed by atoms with van der Waals surface area (Å²) in [5, 5.41) is 9.33. The van der Waals surface area contributed by atoms with Crippen LogP contribution in [0.2, 0.25) is 0 Å². The Hall–Kier alpha value is -1.09. The summed E-state index contributed by atoms with van der Waals surface area (Å²) in [5.74, 6) is -0.123. The fourth-order valence-electron chi connectivity index (χ4n) is 1.67. The lowest BCUT2D eigenvalue weighted by atomic mass is 10.0. The third-order valence-electron chi connectivity index (χ3n) is 2.75. The van der Waals surface area contributed by atoms with E-state index in [1.807, 2.05) is 0 Å². The van der Waals surface area contributed by atoms with Crippen molar-refractivity contribution >= 4 is 0 Å². The molecule has 0 bridgehead atoms. The van der Waals surface area contributed by atoms with Crippen LogP contribution in [-0.4, -0.2) is 10.6 Å². The van der Waals surface area contributed by atoms with Gasteiger partial charge in [0, 0.05) is 5.54 Å². The molecule has 1 aliphatic carbocycles.